The van der Waals surface area contributed by atoms with E-state index in [1.165, 1.54) is 0 Å². The molecule has 1 rings (SSSR count). The average Bonchev–Trinajstić information content (AvgIpc) is 2.69. The molecule has 0 aromatic carbocycles. The normalized spacial score (nSPS) is 24.9. The minimum absolute atomic E-state index is 0.0287. The number of likely N-dealkylation sites (tertiary alicyclic amines) is 1. The summed E-state index contributed by atoms with van der Waals surface area (Å²) in [6.45, 7) is 0.143. The second-order valence-electron chi connectivity index (χ2n) is 4.25. The fraction of sp³-hybridized carbons (Fsp3) is 0.700. The maximum atomic E-state index is 11.7. The van der Waals surface area contributed by atoms with Crippen molar-refractivity contribution in [1.82, 2.24) is 4.90 Å². The largest absolute Gasteiger partial charge is 0.480 e. The molecule has 0 aromatic rings. The predicted molar refractivity (Wildman–Crippen MR) is 58.4 cm³/mol. The standard InChI is InChI=1S/C10H16N2O6/c11-6(8(14)15)2-3-7(13)12-5-1-4-10(12,18)9(16)17/h6,18H,1-5,11H2,(H,14,15)(H,16,17). The van der Waals surface area contributed by atoms with E-state index in [1.807, 2.05) is 0 Å². The lowest BCUT2D eigenvalue weighted by atomic mass is 10.1. The Morgan fingerprint density at radius 2 is 1.94 bits per heavy atom. The highest BCUT2D eigenvalue weighted by molar-refractivity contribution is 5.86. The van der Waals surface area contributed by atoms with Gasteiger partial charge in [0, 0.05) is 19.4 Å². The first-order valence-corrected chi connectivity index (χ1v) is 5.53. The van der Waals surface area contributed by atoms with Crippen molar-refractivity contribution in [1.29, 1.82) is 0 Å². The van der Waals surface area contributed by atoms with Gasteiger partial charge < -0.3 is 26.0 Å². The monoisotopic (exact) mass is 260 g/mol. The van der Waals surface area contributed by atoms with Crippen molar-refractivity contribution in [2.24, 2.45) is 5.73 Å². The average molecular weight is 260 g/mol. The molecular formula is C10H16N2O6. The second kappa shape index (κ2) is 5.32. The first-order chi connectivity index (χ1) is 8.29. The molecule has 1 amide bonds. The molecule has 1 heterocycles. The summed E-state index contributed by atoms with van der Waals surface area (Å²) in [6, 6.07) is -1.17. The van der Waals surface area contributed by atoms with Crippen LogP contribution >= 0.6 is 0 Å². The van der Waals surface area contributed by atoms with Crippen LogP contribution in [-0.2, 0) is 14.4 Å². The number of aliphatic carboxylic acids is 2. The van der Waals surface area contributed by atoms with E-state index in [2.05, 4.69) is 0 Å². The molecule has 2 unspecified atom stereocenters. The van der Waals surface area contributed by atoms with Crippen LogP contribution in [0.2, 0.25) is 0 Å². The molecule has 2 atom stereocenters. The van der Waals surface area contributed by atoms with Crippen LogP contribution in [0, 0.1) is 0 Å². The third-order valence-corrected chi connectivity index (χ3v) is 2.98. The van der Waals surface area contributed by atoms with Crippen LogP contribution in [0.15, 0.2) is 0 Å². The molecule has 0 aromatic heterocycles. The zero-order valence-electron chi connectivity index (χ0n) is 9.70. The summed E-state index contributed by atoms with van der Waals surface area (Å²) in [6.07, 6.45) is 0.0575. The summed E-state index contributed by atoms with van der Waals surface area (Å²) in [5.41, 5.74) is 3.07. The van der Waals surface area contributed by atoms with Crippen molar-refractivity contribution in [3.8, 4) is 0 Å². The van der Waals surface area contributed by atoms with Crippen LogP contribution in [0.25, 0.3) is 0 Å². The van der Waals surface area contributed by atoms with Crippen molar-refractivity contribution < 1.29 is 29.7 Å². The Bertz CT molecular complexity index is 371. The first kappa shape index (κ1) is 14.4. The molecule has 8 nitrogen and oxygen atoms in total. The van der Waals surface area contributed by atoms with Gasteiger partial charge in [0.2, 0.25) is 11.6 Å². The zero-order chi connectivity index (χ0) is 13.9. The Morgan fingerprint density at radius 3 is 2.44 bits per heavy atom. The molecule has 1 fully saturated rings. The van der Waals surface area contributed by atoms with E-state index in [-0.39, 0.29) is 25.8 Å². The molecule has 5 N–H and O–H groups in total. The smallest absolute Gasteiger partial charge is 0.357 e. The van der Waals surface area contributed by atoms with Gasteiger partial charge >= 0.3 is 11.9 Å². The van der Waals surface area contributed by atoms with Crippen molar-refractivity contribution in [3.63, 3.8) is 0 Å². The van der Waals surface area contributed by atoms with E-state index in [4.69, 9.17) is 15.9 Å². The number of carbonyl (C=O) groups is 3. The summed E-state index contributed by atoms with van der Waals surface area (Å²) < 4.78 is 0. The van der Waals surface area contributed by atoms with Crippen LogP contribution < -0.4 is 5.73 Å². The van der Waals surface area contributed by atoms with E-state index < -0.39 is 29.6 Å². The molecule has 1 aliphatic heterocycles. The molecule has 0 bridgehead atoms. The zero-order valence-corrected chi connectivity index (χ0v) is 9.70. The van der Waals surface area contributed by atoms with Gasteiger partial charge in [0.15, 0.2) is 0 Å². The van der Waals surface area contributed by atoms with E-state index in [0.717, 1.165) is 4.90 Å². The molecule has 0 radical (unpaired) electrons. The van der Waals surface area contributed by atoms with E-state index in [1.54, 1.807) is 0 Å². The van der Waals surface area contributed by atoms with Gasteiger partial charge in [-0.2, -0.15) is 0 Å². The van der Waals surface area contributed by atoms with Crippen LogP contribution in [-0.4, -0.2) is 56.4 Å². The molecular weight excluding hydrogens is 244 g/mol. The highest BCUT2D eigenvalue weighted by atomic mass is 16.4. The van der Waals surface area contributed by atoms with Crippen LogP contribution in [0.4, 0.5) is 0 Å². The third kappa shape index (κ3) is 2.77. The number of hydrogen-bond acceptors (Lipinski definition) is 5. The van der Waals surface area contributed by atoms with Gasteiger partial charge in [-0.1, -0.05) is 0 Å². The molecule has 0 spiro atoms. The van der Waals surface area contributed by atoms with E-state index >= 15 is 0 Å². The van der Waals surface area contributed by atoms with Gasteiger partial charge in [-0.25, -0.2) is 4.79 Å². The van der Waals surface area contributed by atoms with Crippen molar-refractivity contribution >= 4 is 17.8 Å². The fourth-order valence-electron chi connectivity index (χ4n) is 1.89. The molecule has 18 heavy (non-hydrogen) atoms. The first-order valence-electron chi connectivity index (χ1n) is 5.53. The van der Waals surface area contributed by atoms with Crippen LogP contribution in [0.3, 0.4) is 0 Å². The Morgan fingerprint density at radius 1 is 1.33 bits per heavy atom. The van der Waals surface area contributed by atoms with Gasteiger partial charge in [-0.15, -0.1) is 0 Å². The quantitative estimate of drug-likeness (QED) is 0.475. The van der Waals surface area contributed by atoms with Gasteiger partial charge in [0.25, 0.3) is 0 Å². The van der Waals surface area contributed by atoms with Crippen molar-refractivity contribution in [3.05, 3.63) is 0 Å². The number of amides is 1. The number of carboxylic acids is 2. The highest BCUT2D eigenvalue weighted by Gasteiger charge is 2.48. The van der Waals surface area contributed by atoms with Crippen molar-refractivity contribution in [2.45, 2.75) is 37.5 Å². The Balaban J connectivity index is 2.62. The predicted octanol–water partition coefficient (Wildman–Crippen LogP) is -1.43. The van der Waals surface area contributed by atoms with Gasteiger partial charge in [0.1, 0.15) is 6.04 Å². The number of carboxylic acid groups (broad SMARTS) is 2. The fourth-order valence-corrected chi connectivity index (χ4v) is 1.89. The lowest BCUT2D eigenvalue weighted by molar-refractivity contribution is -0.182. The summed E-state index contributed by atoms with van der Waals surface area (Å²) in [5.74, 6) is -3.30. The molecule has 0 aliphatic carbocycles. The molecule has 0 saturated carbocycles. The summed E-state index contributed by atoms with van der Waals surface area (Å²) >= 11 is 0. The Labute approximate surface area is 103 Å². The Hall–Kier alpha value is -1.67. The third-order valence-electron chi connectivity index (χ3n) is 2.98. The minimum Gasteiger partial charge on any atom is -0.480 e. The van der Waals surface area contributed by atoms with Gasteiger partial charge in [-0.3, -0.25) is 9.59 Å². The number of nitrogens with zero attached hydrogens (tertiary/aromatic N) is 1. The van der Waals surface area contributed by atoms with Gasteiger partial charge in [0.05, 0.1) is 0 Å². The van der Waals surface area contributed by atoms with Crippen LogP contribution in [0.5, 0.6) is 0 Å². The molecule has 102 valence electrons. The van der Waals surface area contributed by atoms with E-state index in [0.29, 0.717) is 6.42 Å². The maximum Gasteiger partial charge on any atom is 0.357 e. The lowest BCUT2D eigenvalue weighted by Crippen LogP contribution is -2.53. The molecule has 1 saturated heterocycles. The number of nitrogens with two attached hydrogens (primary N) is 1. The number of carbonyl (C=O) groups excluding carboxylic acids is 1. The maximum absolute atomic E-state index is 11.7. The molecule has 1 aliphatic rings. The molecule has 8 heteroatoms. The van der Waals surface area contributed by atoms with E-state index in [9.17, 15) is 19.5 Å². The lowest BCUT2D eigenvalue weighted by Gasteiger charge is -2.29. The second-order valence-corrected chi connectivity index (χ2v) is 4.25. The topological polar surface area (TPSA) is 141 Å². The minimum atomic E-state index is -2.18. The Kier molecular flexibility index (Phi) is 4.25. The summed E-state index contributed by atoms with van der Waals surface area (Å²) in [7, 11) is 0. The highest BCUT2D eigenvalue weighted by Crippen LogP contribution is 2.27. The summed E-state index contributed by atoms with van der Waals surface area (Å²) in [4.78, 5) is 34.0. The SMILES string of the molecule is NC(CCC(=O)N1CCCC1(O)C(=O)O)C(=O)O. The summed E-state index contributed by atoms with van der Waals surface area (Å²) in [5, 5.41) is 27.3. The number of hydrogen-bond donors (Lipinski definition) is 4. The van der Waals surface area contributed by atoms with Crippen LogP contribution in [0.1, 0.15) is 25.7 Å². The van der Waals surface area contributed by atoms with Gasteiger partial charge in [-0.05, 0) is 12.8 Å². The van der Waals surface area contributed by atoms with Crippen molar-refractivity contribution in [2.75, 3.05) is 6.54 Å². The number of rotatable bonds is 5. The number of aliphatic hydroxyl groups is 1.